The van der Waals surface area contributed by atoms with Crippen molar-refractivity contribution in [1.29, 1.82) is 0 Å². The number of rotatable bonds is 5. The molecule has 0 spiro atoms. The lowest BCUT2D eigenvalue weighted by molar-refractivity contribution is -0.131. The van der Waals surface area contributed by atoms with Crippen molar-refractivity contribution in [3.05, 3.63) is 35.4 Å². The molecule has 0 aromatic heterocycles. The summed E-state index contributed by atoms with van der Waals surface area (Å²) in [4.78, 5) is 24.4. The van der Waals surface area contributed by atoms with Crippen molar-refractivity contribution in [3.8, 4) is 11.8 Å². The Morgan fingerprint density at radius 3 is 2.33 bits per heavy atom. The van der Waals surface area contributed by atoms with E-state index in [1.54, 1.807) is 38.1 Å². The van der Waals surface area contributed by atoms with Crippen LogP contribution in [-0.2, 0) is 15.6 Å². The van der Waals surface area contributed by atoms with Gasteiger partial charge in [-0.1, -0.05) is 11.8 Å². The van der Waals surface area contributed by atoms with Gasteiger partial charge < -0.3 is 10.4 Å². The molecule has 0 bridgehead atoms. The molecular weight excluding hydrogens is 368 g/mol. The number of hydrogen-bond acceptors (Lipinski definition) is 5. The first-order valence-electron chi connectivity index (χ1n) is 8.53. The van der Waals surface area contributed by atoms with Gasteiger partial charge in [0.25, 0.3) is 11.8 Å². The summed E-state index contributed by atoms with van der Waals surface area (Å²) >= 11 is 0. The molecule has 1 aromatic rings. The molecule has 0 saturated heterocycles. The molecule has 2 amide bonds. The van der Waals surface area contributed by atoms with Gasteiger partial charge in [0.05, 0.1) is 10.9 Å². The quantitative estimate of drug-likeness (QED) is 0.332. The smallest absolute Gasteiger partial charge is 0.267 e. The van der Waals surface area contributed by atoms with Crippen LogP contribution in [0.1, 0.15) is 42.6 Å². The van der Waals surface area contributed by atoms with Gasteiger partial charge >= 0.3 is 0 Å². The number of carbonyl (C=O) groups excluding carboxylic acids is 2. The van der Waals surface area contributed by atoms with Crippen LogP contribution in [0.5, 0.6) is 0 Å². The van der Waals surface area contributed by atoms with Gasteiger partial charge in [0.15, 0.2) is 0 Å². The van der Waals surface area contributed by atoms with Crippen LogP contribution in [0.3, 0.4) is 0 Å². The number of aliphatic hydroxyl groups is 1. The summed E-state index contributed by atoms with van der Waals surface area (Å²) in [6.45, 7) is 3.14. The normalized spacial score (nSPS) is 21.1. The van der Waals surface area contributed by atoms with Crippen molar-refractivity contribution in [1.82, 2.24) is 10.8 Å². The lowest BCUT2D eigenvalue weighted by Gasteiger charge is -2.31. The Bertz CT molecular complexity index is 789. The highest BCUT2D eigenvalue weighted by Crippen LogP contribution is 2.26. The van der Waals surface area contributed by atoms with E-state index in [-0.39, 0.29) is 12.0 Å². The van der Waals surface area contributed by atoms with Gasteiger partial charge in [0, 0.05) is 34.1 Å². The first-order chi connectivity index (χ1) is 12.6. The molecular formula is C19H24N2O5S. The monoisotopic (exact) mass is 392 g/mol. The van der Waals surface area contributed by atoms with E-state index in [2.05, 4.69) is 17.2 Å². The number of aliphatic hydroxyl groups excluding tert-OH is 1. The summed E-state index contributed by atoms with van der Waals surface area (Å²) < 4.78 is 10.9. The number of nitrogens with one attached hydrogen (secondary N) is 2. The minimum atomic E-state index is -1.43. The van der Waals surface area contributed by atoms with E-state index in [0.717, 1.165) is 5.56 Å². The average molecular weight is 392 g/mol. The Morgan fingerprint density at radius 1 is 1.26 bits per heavy atom. The molecule has 2 atom stereocenters. The third kappa shape index (κ3) is 5.16. The minimum Gasteiger partial charge on any atom is -0.393 e. The van der Waals surface area contributed by atoms with E-state index >= 15 is 0 Å². The molecule has 1 aliphatic carbocycles. The number of hydrogen-bond donors (Lipinski definition) is 4. The standard InChI is InChI=1S/C19H24N2O5S/c1-19(2,27(3)26)16(18(24)21-25)20-17(23)14-8-6-12(7-9-14)4-5-13-10-15(22)11-13/h6-9,13,15-16,22,25H,10-11H2,1-3H3,(H,20,23)(H,21,24)/t13?,15?,16-,27?/m1/s1. The lowest BCUT2D eigenvalue weighted by atomic mass is 9.83. The van der Waals surface area contributed by atoms with Gasteiger partial charge in [-0.2, -0.15) is 0 Å². The Labute approximate surface area is 161 Å². The van der Waals surface area contributed by atoms with Crippen LogP contribution in [0.25, 0.3) is 0 Å². The highest BCUT2D eigenvalue weighted by molar-refractivity contribution is 7.85. The topological polar surface area (TPSA) is 116 Å². The highest BCUT2D eigenvalue weighted by atomic mass is 32.2. The second-order valence-electron chi connectivity index (χ2n) is 7.11. The fourth-order valence-electron chi connectivity index (χ4n) is 2.60. The molecule has 0 radical (unpaired) electrons. The van der Waals surface area contributed by atoms with E-state index in [1.807, 2.05) is 0 Å². The largest absolute Gasteiger partial charge is 0.393 e. The molecule has 0 aliphatic heterocycles. The summed E-state index contributed by atoms with van der Waals surface area (Å²) in [5, 5.41) is 20.7. The highest BCUT2D eigenvalue weighted by Gasteiger charge is 2.39. The number of carbonyl (C=O) groups is 2. The predicted octanol–water partition coefficient (Wildman–Crippen LogP) is 0.570. The minimum absolute atomic E-state index is 0.206. The van der Waals surface area contributed by atoms with Crippen LogP contribution in [0, 0.1) is 17.8 Å². The van der Waals surface area contributed by atoms with E-state index in [0.29, 0.717) is 18.4 Å². The van der Waals surface area contributed by atoms with Crippen molar-refractivity contribution < 1.29 is 24.1 Å². The van der Waals surface area contributed by atoms with Crippen LogP contribution in [0.4, 0.5) is 0 Å². The van der Waals surface area contributed by atoms with Crippen molar-refractivity contribution in [3.63, 3.8) is 0 Å². The van der Waals surface area contributed by atoms with Gasteiger partial charge in [0.1, 0.15) is 6.04 Å². The molecule has 1 unspecified atom stereocenters. The molecule has 8 heteroatoms. The maximum absolute atomic E-state index is 12.5. The summed E-state index contributed by atoms with van der Waals surface area (Å²) in [5.41, 5.74) is 2.57. The molecule has 1 aromatic carbocycles. The maximum Gasteiger partial charge on any atom is 0.267 e. The zero-order valence-electron chi connectivity index (χ0n) is 15.5. The molecule has 0 heterocycles. The number of hydroxylamine groups is 1. The van der Waals surface area contributed by atoms with E-state index in [1.165, 1.54) is 11.7 Å². The van der Waals surface area contributed by atoms with Gasteiger partial charge in [-0.3, -0.25) is 19.0 Å². The van der Waals surface area contributed by atoms with Crippen molar-refractivity contribution in [2.75, 3.05) is 6.26 Å². The summed E-state index contributed by atoms with van der Waals surface area (Å²) in [6, 6.07) is 5.38. The van der Waals surface area contributed by atoms with E-state index < -0.39 is 33.4 Å². The van der Waals surface area contributed by atoms with Crippen LogP contribution in [-0.4, -0.2) is 49.5 Å². The second-order valence-corrected chi connectivity index (χ2v) is 9.07. The maximum atomic E-state index is 12.5. The lowest BCUT2D eigenvalue weighted by Crippen LogP contribution is -2.58. The zero-order chi connectivity index (χ0) is 20.2. The third-order valence-corrected chi connectivity index (χ3v) is 6.48. The number of amides is 2. The summed E-state index contributed by atoms with van der Waals surface area (Å²) in [5.74, 6) is 4.93. The molecule has 7 nitrogen and oxygen atoms in total. The molecule has 146 valence electrons. The fraction of sp³-hybridized carbons (Fsp3) is 0.474. The molecule has 1 saturated carbocycles. The second kappa shape index (κ2) is 8.65. The molecule has 1 fully saturated rings. The van der Waals surface area contributed by atoms with Crippen LogP contribution >= 0.6 is 0 Å². The van der Waals surface area contributed by atoms with Crippen LogP contribution in [0.2, 0.25) is 0 Å². The number of benzene rings is 1. The summed E-state index contributed by atoms with van der Waals surface area (Å²) in [6.07, 6.45) is 2.56. The molecule has 27 heavy (non-hydrogen) atoms. The van der Waals surface area contributed by atoms with Crippen molar-refractivity contribution in [2.24, 2.45) is 5.92 Å². The third-order valence-electron chi connectivity index (χ3n) is 4.76. The SMILES string of the molecule is CS(=O)C(C)(C)[C@H](NC(=O)c1ccc(C#CC2CC(O)C2)cc1)C(=O)NO. The predicted molar refractivity (Wildman–Crippen MR) is 101 cm³/mol. The van der Waals surface area contributed by atoms with E-state index in [9.17, 15) is 18.9 Å². The van der Waals surface area contributed by atoms with Gasteiger partial charge in [0.2, 0.25) is 0 Å². The zero-order valence-corrected chi connectivity index (χ0v) is 16.3. The van der Waals surface area contributed by atoms with Crippen LogP contribution < -0.4 is 10.8 Å². The Kier molecular flexibility index (Phi) is 6.76. The van der Waals surface area contributed by atoms with Gasteiger partial charge in [-0.05, 0) is 51.0 Å². The van der Waals surface area contributed by atoms with Gasteiger partial charge in [-0.25, -0.2) is 5.48 Å². The van der Waals surface area contributed by atoms with Gasteiger partial charge in [-0.15, -0.1) is 0 Å². The molecule has 2 rings (SSSR count). The Balaban J connectivity index is 2.09. The van der Waals surface area contributed by atoms with E-state index in [4.69, 9.17) is 5.21 Å². The van der Waals surface area contributed by atoms with Crippen molar-refractivity contribution in [2.45, 2.75) is 43.6 Å². The molecule has 4 N–H and O–H groups in total. The Hall–Kier alpha value is -2.21. The van der Waals surface area contributed by atoms with Crippen LogP contribution in [0.15, 0.2) is 24.3 Å². The Morgan fingerprint density at radius 2 is 1.85 bits per heavy atom. The van der Waals surface area contributed by atoms with Crippen molar-refractivity contribution >= 4 is 22.6 Å². The fourth-order valence-corrected chi connectivity index (χ4v) is 3.09. The summed E-state index contributed by atoms with van der Waals surface area (Å²) in [7, 11) is -1.43. The first kappa shape index (κ1) is 21.1. The first-order valence-corrected chi connectivity index (χ1v) is 10.1. The molecule has 1 aliphatic rings. The average Bonchev–Trinajstić information content (AvgIpc) is 2.61.